The maximum Gasteiger partial charge on any atom is 0.271 e. The van der Waals surface area contributed by atoms with Gasteiger partial charge in [-0.05, 0) is 37.8 Å². The molecule has 0 spiro atoms. The van der Waals surface area contributed by atoms with E-state index in [0.717, 1.165) is 65.2 Å². The zero-order chi connectivity index (χ0) is 29.9. The molecule has 2 aromatic carbocycles. The summed E-state index contributed by atoms with van der Waals surface area (Å²) >= 11 is 0. The van der Waals surface area contributed by atoms with E-state index in [1.165, 1.54) is 24.3 Å². The Hall–Kier alpha value is -4.88. The van der Waals surface area contributed by atoms with Gasteiger partial charge < -0.3 is 40.5 Å². The average Bonchev–Trinajstić information content (AvgIpc) is 3.62. The lowest BCUT2D eigenvalue weighted by Crippen LogP contribution is -2.29. The van der Waals surface area contributed by atoms with Crippen LogP contribution < -0.4 is 20.9 Å². The lowest BCUT2D eigenvalue weighted by molar-refractivity contribution is -0.385. The van der Waals surface area contributed by atoms with Crippen LogP contribution in [0.4, 0.5) is 22.7 Å². The summed E-state index contributed by atoms with van der Waals surface area (Å²) in [5, 5.41) is 21.6. The second-order valence-electron chi connectivity index (χ2n) is 10.2. The van der Waals surface area contributed by atoms with Crippen molar-refractivity contribution >= 4 is 22.7 Å². The minimum absolute atomic E-state index is 0.0476. The Kier molecular flexibility index (Phi) is 10.5. The Morgan fingerprint density at radius 2 is 0.976 bits per heavy atom. The van der Waals surface area contributed by atoms with Crippen LogP contribution in [-0.4, -0.2) is 82.2 Å². The summed E-state index contributed by atoms with van der Waals surface area (Å²) in [5.41, 5.74) is 12.2. The molecule has 14 nitrogen and oxygen atoms in total. The van der Waals surface area contributed by atoms with Crippen molar-refractivity contribution in [3.8, 4) is 11.5 Å². The average molecular weight is 583 g/mol. The number of nitrogens with two attached hydrogens (primary N) is 2. The molecular weight excluding hydrogens is 544 g/mol. The molecule has 226 valence electrons. The van der Waals surface area contributed by atoms with Crippen LogP contribution in [-0.2, 0) is 0 Å². The second kappa shape index (κ2) is 14.7. The van der Waals surface area contributed by atoms with Crippen LogP contribution in [0.5, 0.6) is 11.5 Å². The maximum atomic E-state index is 10.8. The molecule has 0 aliphatic carbocycles. The topological polar surface area (TPSA) is 170 Å². The van der Waals surface area contributed by atoms with E-state index in [2.05, 4.69) is 44.4 Å². The van der Waals surface area contributed by atoms with E-state index in [9.17, 15) is 20.2 Å². The van der Waals surface area contributed by atoms with E-state index in [0.29, 0.717) is 24.7 Å². The molecule has 4 N–H and O–H groups in total. The van der Waals surface area contributed by atoms with Crippen molar-refractivity contribution in [3.05, 3.63) is 81.4 Å². The summed E-state index contributed by atoms with van der Waals surface area (Å²) in [6.45, 7) is 6.35. The first-order chi connectivity index (χ1) is 20.3. The number of ether oxygens (including phenoxy) is 2. The first kappa shape index (κ1) is 30.1. The third kappa shape index (κ3) is 8.81. The Bertz CT molecular complexity index is 1190. The predicted molar refractivity (Wildman–Crippen MR) is 159 cm³/mol. The van der Waals surface area contributed by atoms with Crippen LogP contribution in [0.3, 0.4) is 0 Å². The number of unbranched alkanes of at least 4 members (excludes halogenated alkanes) is 1. The van der Waals surface area contributed by atoms with Crippen molar-refractivity contribution in [2.24, 2.45) is 0 Å². The molecule has 2 aromatic rings. The van der Waals surface area contributed by atoms with Crippen LogP contribution in [0.25, 0.3) is 0 Å². The SMILES string of the molecule is Nc1cc([N+](=O)[O-])ccc1OCCCN1C=CN(CCCCN2C=CN(CCCOc3ccc([N+](=O)[O-])cc3N)C2)C1. The maximum absolute atomic E-state index is 10.8. The van der Waals surface area contributed by atoms with Crippen molar-refractivity contribution < 1.29 is 19.3 Å². The van der Waals surface area contributed by atoms with Gasteiger partial charge in [0.15, 0.2) is 0 Å². The van der Waals surface area contributed by atoms with Crippen LogP contribution in [0.15, 0.2) is 61.2 Å². The number of nitro benzene ring substituents is 2. The van der Waals surface area contributed by atoms with Gasteiger partial charge in [-0.3, -0.25) is 20.2 Å². The van der Waals surface area contributed by atoms with Crippen LogP contribution >= 0.6 is 0 Å². The molecule has 0 unspecified atom stereocenters. The van der Waals surface area contributed by atoms with Crippen molar-refractivity contribution in [2.75, 3.05) is 64.2 Å². The number of anilines is 2. The molecule has 14 heteroatoms. The largest absolute Gasteiger partial charge is 0.491 e. The highest BCUT2D eigenvalue weighted by Crippen LogP contribution is 2.27. The van der Waals surface area contributed by atoms with E-state index < -0.39 is 9.85 Å². The van der Waals surface area contributed by atoms with Gasteiger partial charge in [0.1, 0.15) is 11.5 Å². The monoisotopic (exact) mass is 582 g/mol. The normalized spacial score (nSPS) is 14.2. The Morgan fingerprint density at radius 1 is 0.619 bits per heavy atom. The zero-order valence-corrected chi connectivity index (χ0v) is 23.5. The van der Waals surface area contributed by atoms with Crippen molar-refractivity contribution in [1.82, 2.24) is 19.6 Å². The van der Waals surface area contributed by atoms with Crippen molar-refractivity contribution in [1.29, 1.82) is 0 Å². The van der Waals surface area contributed by atoms with Crippen molar-refractivity contribution in [2.45, 2.75) is 25.7 Å². The highest BCUT2D eigenvalue weighted by molar-refractivity contribution is 5.58. The van der Waals surface area contributed by atoms with Crippen LogP contribution in [0, 0.1) is 20.2 Å². The lowest BCUT2D eigenvalue weighted by Gasteiger charge is -2.23. The summed E-state index contributed by atoms with van der Waals surface area (Å²) in [5.74, 6) is 0.934. The summed E-state index contributed by atoms with van der Waals surface area (Å²) < 4.78 is 11.4. The summed E-state index contributed by atoms with van der Waals surface area (Å²) in [6, 6.07) is 8.50. The third-order valence-corrected chi connectivity index (χ3v) is 6.95. The summed E-state index contributed by atoms with van der Waals surface area (Å²) in [4.78, 5) is 29.8. The minimum atomic E-state index is -0.477. The van der Waals surface area contributed by atoms with E-state index >= 15 is 0 Å². The molecule has 0 saturated heterocycles. The predicted octanol–water partition coefficient (Wildman–Crippen LogP) is 3.78. The van der Waals surface area contributed by atoms with Gasteiger partial charge in [0.05, 0.1) is 47.8 Å². The smallest absolute Gasteiger partial charge is 0.271 e. The fourth-order valence-electron chi connectivity index (χ4n) is 4.70. The van der Waals surface area contributed by atoms with Gasteiger partial charge in [0.2, 0.25) is 0 Å². The molecule has 0 bridgehead atoms. The van der Waals surface area contributed by atoms with E-state index in [1.54, 1.807) is 12.1 Å². The molecule has 0 fully saturated rings. The number of nitro groups is 2. The van der Waals surface area contributed by atoms with Gasteiger partial charge in [-0.15, -0.1) is 0 Å². The van der Waals surface area contributed by atoms with E-state index in [1.807, 2.05) is 0 Å². The molecule has 0 amide bonds. The fourth-order valence-corrected chi connectivity index (χ4v) is 4.70. The number of benzene rings is 2. The minimum Gasteiger partial charge on any atom is -0.491 e. The van der Waals surface area contributed by atoms with Gasteiger partial charge in [-0.25, -0.2) is 0 Å². The van der Waals surface area contributed by atoms with Gasteiger partial charge in [-0.2, -0.15) is 0 Å². The Balaban J connectivity index is 1.01. The number of hydrogen-bond acceptors (Lipinski definition) is 12. The Morgan fingerprint density at radius 3 is 1.31 bits per heavy atom. The molecule has 42 heavy (non-hydrogen) atoms. The zero-order valence-electron chi connectivity index (χ0n) is 23.5. The Labute approximate surface area is 244 Å². The number of hydrogen-bond donors (Lipinski definition) is 2. The number of non-ortho nitro benzene ring substituents is 2. The van der Waals surface area contributed by atoms with Gasteiger partial charge in [-0.1, -0.05) is 0 Å². The standard InChI is InChI=1S/C28H38N8O6/c29-25-19-23(35(37)38)5-7-27(25)41-17-3-11-33-15-13-31(21-33)9-1-2-10-32-14-16-34(22-32)12-4-18-42-28-8-6-24(36(39)40)20-26(28)30/h5-8,13-16,19-20H,1-4,9-12,17-18,21-22,29-30H2. The molecule has 4 rings (SSSR count). The number of nitrogen functional groups attached to an aromatic ring is 2. The van der Waals surface area contributed by atoms with Crippen LogP contribution in [0.2, 0.25) is 0 Å². The second-order valence-corrected chi connectivity index (χ2v) is 10.2. The molecular formula is C28H38N8O6. The highest BCUT2D eigenvalue weighted by atomic mass is 16.6. The van der Waals surface area contributed by atoms with Gasteiger partial charge in [0, 0.05) is 75.2 Å². The van der Waals surface area contributed by atoms with Crippen LogP contribution in [0.1, 0.15) is 25.7 Å². The fraction of sp³-hybridized carbons (Fsp3) is 0.429. The third-order valence-electron chi connectivity index (χ3n) is 6.95. The molecule has 2 heterocycles. The van der Waals surface area contributed by atoms with Gasteiger partial charge in [0.25, 0.3) is 11.4 Å². The number of nitrogens with zero attached hydrogens (tertiary/aromatic N) is 6. The molecule has 2 aliphatic heterocycles. The molecule has 0 atom stereocenters. The summed E-state index contributed by atoms with van der Waals surface area (Å²) in [7, 11) is 0. The summed E-state index contributed by atoms with van der Waals surface area (Å²) in [6.07, 6.45) is 12.2. The molecule has 0 aromatic heterocycles. The highest BCUT2D eigenvalue weighted by Gasteiger charge is 2.15. The molecule has 2 aliphatic rings. The first-order valence-corrected chi connectivity index (χ1v) is 13.9. The first-order valence-electron chi connectivity index (χ1n) is 13.9. The molecule has 0 radical (unpaired) electrons. The van der Waals surface area contributed by atoms with Gasteiger partial charge >= 0.3 is 0 Å². The number of rotatable bonds is 17. The quantitative estimate of drug-likeness (QED) is 0.120. The van der Waals surface area contributed by atoms with E-state index in [4.69, 9.17) is 20.9 Å². The van der Waals surface area contributed by atoms with E-state index in [-0.39, 0.29) is 22.7 Å². The van der Waals surface area contributed by atoms with Crippen molar-refractivity contribution in [3.63, 3.8) is 0 Å². The molecule has 0 saturated carbocycles. The lowest BCUT2D eigenvalue weighted by atomic mass is 10.2.